The van der Waals surface area contributed by atoms with E-state index in [1.807, 2.05) is 0 Å². The lowest BCUT2D eigenvalue weighted by Gasteiger charge is -2.14. The Kier molecular flexibility index (Phi) is 4.77. The molecular weight excluding hydrogens is 228 g/mol. The standard InChI is InChI=1S/C9H14N4S2/c1-6(5-15-2)13-9-7(8(10)14)11-3-4-12-9/h3-4,6H,5H2,1-2H3,(H2,10,14)(H,12,13). The molecule has 0 radical (unpaired) electrons. The molecule has 82 valence electrons. The lowest BCUT2D eigenvalue weighted by Crippen LogP contribution is -2.23. The lowest BCUT2D eigenvalue weighted by molar-refractivity contribution is 0.898. The van der Waals surface area contributed by atoms with Crippen molar-refractivity contribution in [3.8, 4) is 0 Å². The molecule has 0 fully saturated rings. The molecule has 0 saturated heterocycles. The number of hydrogen-bond donors (Lipinski definition) is 2. The third-order valence-electron chi connectivity index (χ3n) is 1.73. The number of thioether (sulfide) groups is 1. The second-order valence-corrected chi connectivity index (χ2v) is 4.47. The monoisotopic (exact) mass is 242 g/mol. The number of anilines is 1. The van der Waals surface area contributed by atoms with E-state index >= 15 is 0 Å². The fourth-order valence-electron chi connectivity index (χ4n) is 1.15. The van der Waals surface area contributed by atoms with E-state index in [1.165, 1.54) is 0 Å². The van der Waals surface area contributed by atoms with Crippen molar-refractivity contribution in [2.24, 2.45) is 5.73 Å². The summed E-state index contributed by atoms with van der Waals surface area (Å²) < 4.78 is 0. The molecule has 4 nitrogen and oxygen atoms in total. The largest absolute Gasteiger partial charge is 0.388 e. The van der Waals surface area contributed by atoms with Gasteiger partial charge < -0.3 is 11.1 Å². The van der Waals surface area contributed by atoms with Crippen molar-refractivity contribution in [3.05, 3.63) is 18.1 Å². The summed E-state index contributed by atoms with van der Waals surface area (Å²) in [6.07, 6.45) is 5.26. The molecule has 1 aromatic rings. The SMILES string of the molecule is CSCC(C)Nc1nccnc1C(N)=S. The zero-order chi connectivity index (χ0) is 11.3. The van der Waals surface area contributed by atoms with Crippen molar-refractivity contribution >= 4 is 34.8 Å². The number of nitrogens with two attached hydrogens (primary N) is 1. The molecule has 15 heavy (non-hydrogen) atoms. The first-order valence-electron chi connectivity index (χ1n) is 4.51. The van der Waals surface area contributed by atoms with Gasteiger partial charge in [-0.2, -0.15) is 11.8 Å². The first-order valence-corrected chi connectivity index (χ1v) is 6.31. The lowest BCUT2D eigenvalue weighted by atomic mass is 10.3. The van der Waals surface area contributed by atoms with E-state index in [0.29, 0.717) is 17.6 Å². The Hall–Kier alpha value is -0.880. The fraction of sp³-hybridized carbons (Fsp3) is 0.444. The maximum Gasteiger partial charge on any atom is 0.155 e. The fourth-order valence-corrected chi connectivity index (χ4v) is 1.88. The second-order valence-electron chi connectivity index (χ2n) is 3.12. The summed E-state index contributed by atoms with van der Waals surface area (Å²) in [5.74, 6) is 1.65. The molecule has 1 unspecified atom stereocenters. The molecule has 1 atom stereocenters. The minimum Gasteiger partial charge on any atom is -0.388 e. The van der Waals surface area contributed by atoms with E-state index < -0.39 is 0 Å². The average Bonchev–Trinajstić information content (AvgIpc) is 2.18. The van der Waals surface area contributed by atoms with Gasteiger partial charge in [-0.25, -0.2) is 9.97 Å². The van der Waals surface area contributed by atoms with Crippen LogP contribution in [0.15, 0.2) is 12.4 Å². The van der Waals surface area contributed by atoms with Gasteiger partial charge in [0.25, 0.3) is 0 Å². The van der Waals surface area contributed by atoms with E-state index in [1.54, 1.807) is 24.2 Å². The van der Waals surface area contributed by atoms with Crippen molar-refractivity contribution in [3.63, 3.8) is 0 Å². The highest BCUT2D eigenvalue weighted by molar-refractivity contribution is 7.98. The number of hydrogen-bond acceptors (Lipinski definition) is 5. The molecule has 0 saturated carbocycles. The van der Waals surface area contributed by atoms with Crippen LogP contribution in [0.4, 0.5) is 5.82 Å². The van der Waals surface area contributed by atoms with Crippen molar-refractivity contribution in [1.82, 2.24) is 9.97 Å². The molecule has 0 aromatic carbocycles. The summed E-state index contributed by atoms with van der Waals surface area (Å²) in [6, 6.07) is 0.310. The number of nitrogens with zero attached hydrogens (tertiary/aromatic N) is 2. The zero-order valence-electron chi connectivity index (χ0n) is 8.73. The van der Waals surface area contributed by atoms with Gasteiger partial charge in [0.2, 0.25) is 0 Å². The summed E-state index contributed by atoms with van der Waals surface area (Å²) >= 11 is 6.67. The van der Waals surface area contributed by atoms with Gasteiger partial charge in [0.1, 0.15) is 10.7 Å². The Morgan fingerprint density at radius 2 is 2.27 bits per heavy atom. The molecule has 0 aliphatic heterocycles. The molecular formula is C9H14N4S2. The smallest absolute Gasteiger partial charge is 0.155 e. The summed E-state index contributed by atoms with van der Waals surface area (Å²) in [5, 5.41) is 3.23. The predicted molar refractivity (Wildman–Crippen MR) is 69.4 cm³/mol. The van der Waals surface area contributed by atoms with Gasteiger partial charge >= 0.3 is 0 Å². The van der Waals surface area contributed by atoms with Crippen molar-refractivity contribution in [2.45, 2.75) is 13.0 Å². The molecule has 0 spiro atoms. The van der Waals surface area contributed by atoms with E-state index in [2.05, 4.69) is 28.5 Å². The van der Waals surface area contributed by atoms with Gasteiger partial charge in [-0.1, -0.05) is 12.2 Å². The highest BCUT2D eigenvalue weighted by atomic mass is 32.2. The van der Waals surface area contributed by atoms with E-state index in [4.69, 9.17) is 18.0 Å². The molecule has 0 bridgehead atoms. The number of rotatable bonds is 5. The van der Waals surface area contributed by atoms with Crippen molar-refractivity contribution < 1.29 is 0 Å². The van der Waals surface area contributed by atoms with E-state index in [0.717, 1.165) is 5.75 Å². The molecule has 1 heterocycles. The van der Waals surface area contributed by atoms with Crippen molar-refractivity contribution in [2.75, 3.05) is 17.3 Å². The van der Waals surface area contributed by atoms with Crippen LogP contribution >= 0.6 is 24.0 Å². The van der Waals surface area contributed by atoms with Gasteiger partial charge in [0, 0.05) is 24.2 Å². The third kappa shape index (κ3) is 3.64. The summed E-state index contributed by atoms with van der Waals surface area (Å²) in [6.45, 7) is 2.08. The maximum atomic E-state index is 5.55. The molecule has 1 rings (SSSR count). The molecule has 3 N–H and O–H groups in total. The van der Waals surface area contributed by atoms with Gasteiger partial charge in [0.15, 0.2) is 5.82 Å². The van der Waals surface area contributed by atoms with Gasteiger partial charge in [0.05, 0.1) is 0 Å². The normalized spacial score (nSPS) is 12.1. The van der Waals surface area contributed by atoms with Gasteiger partial charge in [-0.3, -0.25) is 0 Å². The Labute approximate surface area is 99.1 Å². The minimum atomic E-state index is 0.266. The molecule has 0 aliphatic carbocycles. The van der Waals surface area contributed by atoms with Crippen LogP contribution in [0, 0.1) is 0 Å². The number of thiocarbonyl (C=S) groups is 1. The first-order chi connectivity index (χ1) is 7.15. The second kappa shape index (κ2) is 5.87. The highest BCUT2D eigenvalue weighted by Gasteiger charge is 2.09. The Bertz CT molecular complexity index is 343. The molecule has 6 heteroatoms. The summed E-state index contributed by atoms with van der Waals surface area (Å²) in [4.78, 5) is 8.53. The first kappa shape index (κ1) is 12.2. The minimum absolute atomic E-state index is 0.266. The van der Waals surface area contributed by atoms with Crippen LogP contribution in [0.25, 0.3) is 0 Å². The van der Waals surface area contributed by atoms with Crippen LogP contribution in [-0.4, -0.2) is 33.0 Å². The quantitative estimate of drug-likeness (QED) is 0.758. The topological polar surface area (TPSA) is 63.8 Å². The molecule has 0 amide bonds. The zero-order valence-corrected chi connectivity index (χ0v) is 10.4. The van der Waals surface area contributed by atoms with Gasteiger partial charge in [-0.15, -0.1) is 0 Å². The molecule has 1 aromatic heterocycles. The van der Waals surface area contributed by atoms with Gasteiger partial charge in [-0.05, 0) is 13.2 Å². The van der Waals surface area contributed by atoms with Crippen LogP contribution < -0.4 is 11.1 Å². The van der Waals surface area contributed by atoms with E-state index in [-0.39, 0.29) is 4.99 Å². The Morgan fingerprint density at radius 3 is 2.87 bits per heavy atom. The van der Waals surface area contributed by atoms with E-state index in [9.17, 15) is 0 Å². The summed E-state index contributed by atoms with van der Waals surface area (Å²) in [7, 11) is 0. The number of nitrogens with one attached hydrogen (secondary N) is 1. The number of aromatic nitrogens is 2. The van der Waals surface area contributed by atoms with Crippen LogP contribution in [0.1, 0.15) is 12.6 Å². The van der Waals surface area contributed by atoms with Crippen LogP contribution in [-0.2, 0) is 0 Å². The highest BCUT2D eigenvalue weighted by Crippen LogP contribution is 2.10. The van der Waals surface area contributed by atoms with Crippen LogP contribution in [0.5, 0.6) is 0 Å². The Morgan fingerprint density at radius 1 is 1.60 bits per heavy atom. The third-order valence-corrected chi connectivity index (χ3v) is 2.76. The summed E-state index contributed by atoms with van der Waals surface area (Å²) in [5.41, 5.74) is 6.10. The predicted octanol–water partition coefficient (Wildman–Crippen LogP) is 1.27. The maximum absolute atomic E-state index is 5.55. The average molecular weight is 242 g/mol. The van der Waals surface area contributed by atoms with Crippen molar-refractivity contribution in [1.29, 1.82) is 0 Å². The molecule has 0 aliphatic rings. The van der Waals surface area contributed by atoms with Crippen LogP contribution in [0.3, 0.4) is 0 Å². The van der Waals surface area contributed by atoms with Crippen LogP contribution in [0.2, 0.25) is 0 Å². The Balaban J connectivity index is 2.79.